The van der Waals surface area contributed by atoms with Crippen molar-refractivity contribution in [2.75, 3.05) is 20.1 Å². The topological polar surface area (TPSA) is 23.5 Å². The Balaban J connectivity index is 2.21. The second-order valence-electron chi connectivity index (χ2n) is 5.90. The summed E-state index contributed by atoms with van der Waals surface area (Å²) in [6.45, 7) is 8.24. The maximum atomic E-state index is 9.92. The van der Waals surface area contributed by atoms with Crippen LogP contribution < -0.4 is 0 Å². The largest absolute Gasteiger partial charge is 0.391 e. The lowest BCUT2D eigenvalue weighted by Gasteiger charge is -2.34. The van der Waals surface area contributed by atoms with Crippen molar-refractivity contribution in [2.24, 2.45) is 11.3 Å². The molecule has 1 unspecified atom stereocenters. The van der Waals surface area contributed by atoms with Crippen molar-refractivity contribution in [2.45, 2.75) is 46.1 Å². The van der Waals surface area contributed by atoms with Crippen LogP contribution in [0.5, 0.6) is 0 Å². The second-order valence-corrected chi connectivity index (χ2v) is 5.90. The molecule has 1 N–H and O–H groups in total. The van der Waals surface area contributed by atoms with Gasteiger partial charge in [-0.3, -0.25) is 0 Å². The third-order valence-electron chi connectivity index (χ3n) is 3.28. The SMILES string of the molecule is CN(CC1CCC1)CC(O)C(C)(C)C. The molecule has 84 valence electrons. The summed E-state index contributed by atoms with van der Waals surface area (Å²) in [5.41, 5.74) is 0.00781. The summed E-state index contributed by atoms with van der Waals surface area (Å²) in [4.78, 5) is 2.28. The van der Waals surface area contributed by atoms with E-state index in [1.165, 1.54) is 19.3 Å². The normalized spacial score (nSPS) is 21.0. The Morgan fingerprint density at radius 1 is 1.36 bits per heavy atom. The highest BCUT2D eigenvalue weighted by Crippen LogP contribution is 2.27. The smallest absolute Gasteiger partial charge is 0.0715 e. The molecule has 1 fully saturated rings. The van der Waals surface area contributed by atoms with Crippen LogP contribution in [-0.4, -0.2) is 36.2 Å². The molecule has 0 aliphatic heterocycles. The van der Waals surface area contributed by atoms with E-state index in [1.807, 2.05) is 0 Å². The minimum absolute atomic E-state index is 0.00781. The summed E-state index contributed by atoms with van der Waals surface area (Å²) >= 11 is 0. The van der Waals surface area contributed by atoms with Crippen LogP contribution in [0.1, 0.15) is 40.0 Å². The van der Waals surface area contributed by atoms with Crippen molar-refractivity contribution in [3.63, 3.8) is 0 Å². The van der Waals surface area contributed by atoms with Gasteiger partial charge in [-0.15, -0.1) is 0 Å². The zero-order valence-corrected chi connectivity index (χ0v) is 10.1. The molecule has 0 spiro atoms. The fourth-order valence-electron chi connectivity index (χ4n) is 1.76. The average molecular weight is 199 g/mol. The Kier molecular flexibility index (Phi) is 3.96. The van der Waals surface area contributed by atoms with E-state index in [9.17, 15) is 5.11 Å². The third-order valence-corrected chi connectivity index (χ3v) is 3.28. The van der Waals surface area contributed by atoms with Crippen molar-refractivity contribution >= 4 is 0 Å². The molecule has 1 aliphatic carbocycles. The highest BCUT2D eigenvalue weighted by atomic mass is 16.3. The molecule has 1 atom stereocenters. The van der Waals surface area contributed by atoms with Crippen LogP contribution in [0.25, 0.3) is 0 Å². The molecule has 0 aromatic rings. The van der Waals surface area contributed by atoms with E-state index in [4.69, 9.17) is 0 Å². The number of aliphatic hydroxyl groups excluding tert-OH is 1. The molecule has 14 heavy (non-hydrogen) atoms. The van der Waals surface area contributed by atoms with Crippen molar-refractivity contribution in [3.05, 3.63) is 0 Å². The third kappa shape index (κ3) is 3.58. The molecular weight excluding hydrogens is 174 g/mol. The molecule has 2 nitrogen and oxygen atoms in total. The van der Waals surface area contributed by atoms with Gasteiger partial charge < -0.3 is 10.0 Å². The molecule has 0 radical (unpaired) electrons. The number of rotatable bonds is 4. The van der Waals surface area contributed by atoms with E-state index >= 15 is 0 Å². The molecule has 2 heteroatoms. The summed E-state index contributed by atoms with van der Waals surface area (Å²) in [6, 6.07) is 0. The number of likely N-dealkylation sites (N-methyl/N-ethyl adjacent to an activating group) is 1. The lowest BCUT2D eigenvalue weighted by atomic mass is 9.84. The van der Waals surface area contributed by atoms with Crippen LogP contribution in [0, 0.1) is 11.3 Å². The van der Waals surface area contributed by atoms with Gasteiger partial charge in [0.2, 0.25) is 0 Å². The standard InChI is InChI=1S/C12H25NO/c1-12(2,3)11(14)9-13(4)8-10-6-5-7-10/h10-11,14H,5-9H2,1-4H3. The van der Waals surface area contributed by atoms with Gasteiger partial charge in [-0.05, 0) is 31.2 Å². The van der Waals surface area contributed by atoms with E-state index in [0.717, 1.165) is 19.0 Å². The van der Waals surface area contributed by atoms with Gasteiger partial charge in [0.25, 0.3) is 0 Å². The fourth-order valence-corrected chi connectivity index (χ4v) is 1.76. The van der Waals surface area contributed by atoms with E-state index in [-0.39, 0.29) is 11.5 Å². The average Bonchev–Trinajstić information content (AvgIpc) is 1.95. The quantitative estimate of drug-likeness (QED) is 0.749. The Morgan fingerprint density at radius 3 is 2.29 bits per heavy atom. The first kappa shape index (κ1) is 12.0. The number of aliphatic hydroxyl groups is 1. The fraction of sp³-hybridized carbons (Fsp3) is 1.00. The van der Waals surface area contributed by atoms with Gasteiger partial charge >= 0.3 is 0 Å². The Morgan fingerprint density at radius 2 is 1.93 bits per heavy atom. The van der Waals surface area contributed by atoms with E-state index in [2.05, 4.69) is 32.7 Å². The van der Waals surface area contributed by atoms with Crippen molar-refractivity contribution in [1.82, 2.24) is 4.90 Å². The molecular formula is C12H25NO. The predicted molar refractivity (Wildman–Crippen MR) is 60.3 cm³/mol. The van der Waals surface area contributed by atoms with Crippen LogP contribution in [0.3, 0.4) is 0 Å². The highest BCUT2D eigenvalue weighted by molar-refractivity contribution is 4.78. The lowest BCUT2D eigenvalue weighted by molar-refractivity contribution is 0.0282. The van der Waals surface area contributed by atoms with Gasteiger partial charge in [-0.25, -0.2) is 0 Å². The van der Waals surface area contributed by atoms with Crippen molar-refractivity contribution in [3.8, 4) is 0 Å². The predicted octanol–water partition coefficient (Wildman–Crippen LogP) is 2.13. The van der Waals surface area contributed by atoms with Gasteiger partial charge in [0.1, 0.15) is 0 Å². The van der Waals surface area contributed by atoms with E-state index in [0.29, 0.717) is 0 Å². The number of hydrogen-bond acceptors (Lipinski definition) is 2. The zero-order valence-electron chi connectivity index (χ0n) is 10.1. The molecule has 0 aromatic carbocycles. The molecule has 0 aromatic heterocycles. The van der Waals surface area contributed by atoms with Gasteiger partial charge in [-0.1, -0.05) is 27.2 Å². The summed E-state index contributed by atoms with van der Waals surface area (Å²) in [5, 5.41) is 9.92. The Bertz CT molecular complexity index is 170. The van der Waals surface area contributed by atoms with Gasteiger partial charge in [0.15, 0.2) is 0 Å². The van der Waals surface area contributed by atoms with Crippen molar-refractivity contribution < 1.29 is 5.11 Å². The van der Waals surface area contributed by atoms with Crippen molar-refractivity contribution in [1.29, 1.82) is 0 Å². The lowest BCUT2D eigenvalue weighted by Crippen LogP contribution is -2.40. The molecule has 1 saturated carbocycles. The van der Waals surface area contributed by atoms with E-state index < -0.39 is 0 Å². The molecule has 1 rings (SSSR count). The first-order valence-electron chi connectivity index (χ1n) is 5.76. The van der Waals surface area contributed by atoms with Gasteiger partial charge in [0, 0.05) is 13.1 Å². The molecule has 0 heterocycles. The van der Waals surface area contributed by atoms with E-state index in [1.54, 1.807) is 0 Å². The minimum atomic E-state index is -0.215. The first-order valence-corrected chi connectivity index (χ1v) is 5.76. The summed E-state index contributed by atoms with van der Waals surface area (Å²) < 4.78 is 0. The summed E-state index contributed by atoms with van der Waals surface area (Å²) in [5.74, 6) is 0.896. The van der Waals surface area contributed by atoms with Crippen LogP contribution in [0.15, 0.2) is 0 Å². The maximum absolute atomic E-state index is 9.92. The summed E-state index contributed by atoms with van der Waals surface area (Å²) in [6.07, 6.45) is 3.96. The first-order chi connectivity index (χ1) is 6.39. The van der Waals surface area contributed by atoms with Crippen LogP contribution in [-0.2, 0) is 0 Å². The summed E-state index contributed by atoms with van der Waals surface area (Å²) in [7, 11) is 2.12. The van der Waals surface area contributed by atoms with Crippen LogP contribution in [0.4, 0.5) is 0 Å². The monoisotopic (exact) mass is 199 g/mol. The van der Waals surface area contributed by atoms with Crippen LogP contribution in [0.2, 0.25) is 0 Å². The molecule has 0 bridgehead atoms. The second kappa shape index (κ2) is 4.63. The molecule has 0 amide bonds. The number of hydrogen-bond donors (Lipinski definition) is 1. The van der Waals surface area contributed by atoms with Crippen LogP contribution >= 0.6 is 0 Å². The minimum Gasteiger partial charge on any atom is -0.391 e. The molecule has 0 saturated heterocycles. The Hall–Kier alpha value is -0.0800. The number of nitrogens with zero attached hydrogens (tertiary/aromatic N) is 1. The highest BCUT2D eigenvalue weighted by Gasteiger charge is 2.25. The molecule has 1 aliphatic rings. The zero-order chi connectivity index (χ0) is 10.8. The maximum Gasteiger partial charge on any atom is 0.0715 e. The Labute approximate surface area is 88.3 Å². The van der Waals surface area contributed by atoms with Gasteiger partial charge in [0.05, 0.1) is 6.10 Å². The van der Waals surface area contributed by atoms with Gasteiger partial charge in [-0.2, -0.15) is 0 Å².